The number of aryl methyl sites for hydroxylation is 1. The number of carbonyl (C=O) groups excluding carboxylic acids is 1. The molecule has 3 rings (SSSR count). The minimum atomic E-state index is -0.518. The summed E-state index contributed by atoms with van der Waals surface area (Å²) in [5.41, 5.74) is 1.63. The van der Waals surface area contributed by atoms with E-state index in [4.69, 9.17) is 0 Å². The van der Waals surface area contributed by atoms with Crippen LogP contribution < -0.4 is 0 Å². The van der Waals surface area contributed by atoms with Crippen molar-refractivity contribution in [3.63, 3.8) is 0 Å². The topological polar surface area (TPSA) is 69.9 Å². The van der Waals surface area contributed by atoms with Gasteiger partial charge >= 0.3 is 5.97 Å². The number of carbonyl (C=O) groups is 1. The van der Waals surface area contributed by atoms with Crippen LogP contribution in [0.15, 0.2) is 6.20 Å². The fourth-order valence-electron chi connectivity index (χ4n) is 2.14. The minimum Gasteiger partial charge on any atom is -0.463 e. The number of ether oxygens (including phenoxy) is 1. The van der Waals surface area contributed by atoms with Crippen LogP contribution in [0.1, 0.15) is 41.6 Å². The molecule has 0 radical (unpaired) electrons. The maximum absolute atomic E-state index is 11.5. The highest BCUT2D eigenvalue weighted by molar-refractivity contribution is 5.88. The molecule has 0 unspecified atom stereocenters. The average molecular weight is 246 g/mol. The van der Waals surface area contributed by atoms with Crippen LogP contribution in [0, 0.1) is 6.92 Å². The Hall–Kier alpha value is -1.98. The zero-order valence-electron chi connectivity index (χ0n) is 10.4. The number of fused-ring (bicyclic) bond motifs is 1. The molecule has 2 heterocycles. The molecule has 0 amide bonds. The molecule has 18 heavy (non-hydrogen) atoms. The fourth-order valence-corrected chi connectivity index (χ4v) is 2.14. The lowest BCUT2D eigenvalue weighted by Gasteiger charge is -2.25. The zero-order chi connectivity index (χ0) is 12.7. The number of hydrogen-bond acceptors (Lipinski definition) is 5. The summed E-state index contributed by atoms with van der Waals surface area (Å²) in [7, 11) is 1.32. The Labute approximate surface area is 104 Å². The molecule has 2 aromatic heterocycles. The van der Waals surface area contributed by atoms with Gasteiger partial charge in [0.25, 0.3) is 0 Å². The molecule has 0 aromatic carbocycles. The highest BCUT2D eigenvalue weighted by atomic mass is 16.5. The van der Waals surface area contributed by atoms with Crippen molar-refractivity contribution in [2.45, 2.75) is 32.2 Å². The fraction of sp³-hybridized carbons (Fsp3) is 0.500. The van der Waals surface area contributed by atoms with Crippen LogP contribution in [0.2, 0.25) is 0 Å². The SMILES string of the molecule is COC(=O)c1ncc2c(C)nn(C3CCC3)c2n1. The van der Waals surface area contributed by atoms with E-state index in [0.717, 1.165) is 29.6 Å². The normalized spacial score (nSPS) is 15.7. The summed E-state index contributed by atoms with van der Waals surface area (Å²) in [6, 6.07) is 0.404. The van der Waals surface area contributed by atoms with Crippen LogP contribution in [0.5, 0.6) is 0 Å². The predicted molar refractivity (Wildman–Crippen MR) is 64.3 cm³/mol. The molecule has 0 aliphatic heterocycles. The smallest absolute Gasteiger partial charge is 0.376 e. The van der Waals surface area contributed by atoms with Crippen LogP contribution in [-0.4, -0.2) is 32.8 Å². The quantitative estimate of drug-likeness (QED) is 0.753. The second-order valence-corrected chi connectivity index (χ2v) is 4.54. The number of rotatable bonds is 2. The Morgan fingerprint density at radius 3 is 2.89 bits per heavy atom. The average Bonchev–Trinajstić information content (AvgIpc) is 2.63. The van der Waals surface area contributed by atoms with E-state index < -0.39 is 5.97 Å². The lowest BCUT2D eigenvalue weighted by Crippen LogP contribution is -2.19. The second kappa shape index (κ2) is 4.04. The lowest BCUT2D eigenvalue weighted by molar-refractivity contribution is 0.0587. The van der Waals surface area contributed by atoms with Crippen molar-refractivity contribution in [1.29, 1.82) is 0 Å². The molecular weight excluding hydrogens is 232 g/mol. The number of methoxy groups -OCH3 is 1. The van der Waals surface area contributed by atoms with Crippen molar-refractivity contribution in [3.8, 4) is 0 Å². The molecule has 6 nitrogen and oxygen atoms in total. The number of esters is 1. The van der Waals surface area contributed by atoms with Crippen LogP contribution in [0.25, 0.3) is 11.0 Å². The molecule has 1 fully saturated rings. The Kier molecular flexibility index (Phi) is 2.50. The van der Waals surface area contributed by atoms with E-state index in [2.05, 4.69) is 19.8 Å². The van der Waals surface area contributed by atoms with Gasteiger partial charge < -0.3 is 4.74 Å². The zero-order valence-corrected chi connectivity index (χ0v) is 10.4. The molecule has 0 atom stereocenters. The Morgan fingerprint density at radius 2 is 2.28 bits per heavy atom. The van der Waals surface area contributed by atoms with Gasteiger partial charge in [-0.2, -0.15) is 5.10 Å². The van der Waals surface area contributed by atoms with E-state index in [1.165, 1.54) is 13.5 Å². The first kappa shape index (κ1) is 11.1. The van der Waals surface area contributed by atoms with Crippen molar-refractivity contribution < 1.29 is 9.53 Å². The third kappa shape index (κ3) is 1.56. The molecule has 0 spiro atoms. The van der Waals surface area contributed by atoms with Crippen molar-refractivity contribution in [2.75, 3.05) is 7.11 Å². The summed E-state index contributed by atoms with van der Waals surface area (Å²) in [5.74, 6) is -0.429. The molecular formula is C12H14N4O2. The molecule has 1 aliphatic carbocycles. The van der Waals surface area contributed by atoms with Gasteiger partial charge in [-0.3, -0.25) is 0 Å². The van der Waals surface area contributed by atoms with E-state index in [-0.39, 0.29) is 5.82 Å². The van der Waals surface area contributed by atoms with Gasteiger partial charge in [0.2, 0.25) is 5.82 Å². The molecule has 0 saturated heterocycles. The molecule has 6 heteroatoms. The Bertz CT molecular complexity index is 616. The monoisotopic (exact) mass is 246 g/mol. The summed E-state index contributed by atoms with van der Waals surface area (Å²) >= 11 is 0. The molecule has 2 aromatic rings. The van der Waals surface area contributed by atoms with Gasteiger partial charge in [0.1, 0.15) is 0 Å². The first-order valence-electron chi connectivity index (χ1n) is 6.01. The summed E-state index contributed by atoms with van der Waals surface area (Å²) in [6.07, 6.45) is 5.10. The lowest BCUT2D eigenvalue weighted by atomic mass is 9.93. The summed E-state index contributed by atoms with van der Waals surface area (Å²) in [6.45, 7) is 1.93. The van der Waals surface area contributed by atoms with Gasteiger partial charge in [0.15, 0.2) is 5.65 Å². The largest absolute Gasteiger partial charge is 0.463 e. The maximum Gasteiger partial charge on any atom is 0.376 e. The predicted octanol–water partition coefficient (Wildman–Crippen LogP) is 1.65. The summed E-state index contributed by atoms with van der Waals surface area (Å²) < 4.78 is 6.56. The number of nitrogens with zero attached hydrogens (tertiary/aromatic N) is 4. The van der Waals surface area contributed by atoms with E-state index in [0.29, 0.717) is 6.04 Å². The van der Waals surface area contributed by atoms with Crippen molar-refractivity contribution in [3.05, 3.63) is 17.7 Å². The molecule has 94 valence electrons. The van der Waals surface area contributed by atoms with Crippen molar-refractivity contribution in [1.82, 2.24) is 19.7 Å². The highest BCUT2D eigenvalue weighted by Gasteiger charge is 2.24. The Morgan fingerprint density at radius 1 is 1.50 bits per heavy atom. The minimum absolute atomic E-state index is 0.0884. The Balaban J connectivity index is 2.15. The van der Waals surface area contributed by atoms with Gasteiger partial charge in [-0.05, 0) is 26.2 Å². The number of hydrogen-bond donors (Lipinski definition) is 0. The second-order valence-electron chi connectivity index (χ2n) is 4.54. The van der Waals surface area contributed by atoms with Gasteiger partial charge in [-0.1, -0.05) is 0 Å². The van der Waals surface area contributed by atoms with E-state index >= 15 is 0 Å². The third-order valence-electron chi connectivity index (χ3n) is 3.42. The molecule has 1 saturated carbocycles. The molecule has 0 bridgehead atoms. The third-order valence-corrected chi connectivity index (χ3v) is 3.42. The maximum atomic E-state index is 11.5. The van der Waals surface area contributed by atoms with E-state index in [1.54, 1.807) is 6.20 Å². The summed E-state index contributed by atoms with van der Waals surface area (Å²) in [4.78, 5) is 19.8. The van der Waals surface area contributed by atoms with Gasteiger partial charge in [-0.15, -0.1) is 0 Å². The van der Waals surface area contributed by atoms with E-state index in [1.807, 2.05) is 11.6 Å². The van der Waals surface area contributed by atoms with Crippen LogP contribution in [0.4, 0.5) is 0 Å². The van der Waals surface area contributed by atoms with Gasteiger partial charge in [-0.25, -0.2) is 19.4 Å². The first-order chi connectivity index (χ1) is 8.70. The standard InChI is InChI=1S/C12H14N4O2/c1-7-9-6-13-10(12(17)18-2)14-11(9)16(15-7)8-4-3-5-8/h6,8H,3-5H2,1-2H3. The first-order valence-corrected chi connectivity index (χ1v) is 6.01. The molecule has 1 aliphatic rings. The van der Waals surface area contributed by atoms with Crippen molar-refractivity contribution in [2.24, 2.45) is 0 Å². The highest BCUT2D eigenvalue weighted by Crippen LogP contribution is 2.33. The van der Waals surface area contributed by atoms with Crippen LogP contribution in [-0.2, 0) is 4.74 Å². The van der Waals surface area contributed by atoms with Gasteiger partial charge in [0.05, 0.1) is 24.2 Å². The molecule has 0 N–H and O–H groups in total. The van der Waals surface area contributed by atoms with Gasteiger partial charge in [0, 0.05) is 6.20 Å². The van der Waals surface area contributed by atoms with Crippen LogP contribution >= 0.6 is 0 Å². The van der Waals surface area contributed by atoms with Crippen LogP contribution in [0.3, 0.4) is 0 Å². The summed E-state index contributed by atoms with van der Waals surface area (Å²) in [5, 5.41) is 5.40. The van der Waals surface area contributed by atoms with E-state index in [9.17, 15) is 4.79 Å². The van der Waals surface area contributed by atoms with Crippen molar-refractivity contribution >= 4 is 17.0 Å². The number of aromatic nitrogens is 4.